The van der Waals surface area contributed by atoms with Crippen molar-refractivity contribution in [1.29, 1.82) is 0 Å². The summed E-state index contributed by atoms with van der Waals surface area (Å²) < 4.78 is 1.76. The Morgan fingerprint density at radius 3 is 2.90 bits per heavy atom. The number of carbonyl (C=O) groups is 1. The topological polar surface area (TPSA) is 77.0 Å². The van der Waals surface area contributed by atoms with Crippen LogP contribution in [0.3, 0.4) is 0 Å². The van der Waals surface area contributed by atoms with E-state index in [1.54, 1.807) is 10.9 Å². The van der Waals surface area contributed by atoms with Gasteiger partial charge in [0.05, 0.1) is 6.20 Å². The zero-order chi connectivity index (χ0) is 14.5. The Morgan fingerprint density at radius 2 is 2.24 bits per heavy atom. The number of likely N-dealkylation sites (tertiary alicyclic amines) is 1. The average Bonchev–Trinajstić information content (AvgIpc) is 2.93. The number of halogens is 1. The molecule has 0 saturated carbocycles. The Hall–Kier alpha value is -1.14. The van der Waals surface area contributed by atoms with Gasteiger partial charge in [0.15, 0.2) is 5.69 Å². The van der Waals surface area contributed by atoms with Gasteiger partial charge in [-0.3, -0.25) is 9.48 Å². The summed E-state index contributed by atoms with van der Waals surface area (Å²) in [6.45, 7) is 6.44. The normalized spacial score (nSPS) is 18.7. The van der Waals surface area contributed by atoms with Gasteiger partial charge in [0.2, 0.25) is 0 Å². The maximum absolute atomic E-state index is 12.5. The third kappa shape index (κ3) is 4.68. The molecule has 1 aromatic heterocycles. The van der Waals surface area contributed by atoms with Gasteiger partial charge in [-0.05, 0) is 31.6 Å². The van der Waals surface area contributed by atoms with E-state index in [4.69, 9.17) is 5.73 Å². The van der Waals surface area contributed by atoms with Crippen LogP contribution in [0.5, 0.6) is 0 Å². The van der Waals surface area contributed by atoms with Crippen LogP contribution in [0.15, 0.2) is 6.20 Å². The smallest absolute Gasteiger partial charge is 0.276 e. The molecule has 0 aromatic carbocycles. The van der Waals surface area contributed by atoms with Gasteiger partial charge in [-0.15, -0.1) is 17.5 Å². The molecule has 1 saturated heterocycles. The lowest BCUT2D eigenvalue weighted by atomic mass is 10.0. The van der Waals surface area contributed by atoms with Crippen LogP contribution in [-0.4, -0.2) is 44.9 Å². The second-order valence-electron chi connectivity index (χ2n) is 5.93. The highest BCUT2D eigenvalue weighted by Gasteiger charge is 2.28. The second-order valence-corrected chi connectivity index (χ2v) is 5.93. The van der Waals surface area contributed by atoms with E-state index >= 15 is 0 Å². The zero-order valence-electron chi connectivity index (χ0n) is 12.9. The zero-order valence-corrected chi connectivity index (χ0v) is 13.7. The summed E-state index contributed by atoms with van der Waals surface area (Å²) in [5.74, 6) is 0.581. The Labute approximate surface area is 132 Å². The number of hydrogen-bond donors (Lipinski definition) is 1. The monoisotopic (exact) mass is 315 g/mol. The number of piperidine rings is 1. The van der Waals surface area contributed by atoms with Crippen LogP contribution in [-0.2, 0) is 6.54 Å². The predicted octanol–water partition coefficient (Wildman–Crippen LogP) is 1.70. The number of rotatable bonds is 5. The number of nitrogens with zero attached hydrogens (tertiary/aromatic N) is 4. The second kappa shape index (κ2) is 8.34. The van der Waals surface area contributed by atoms with Crippen LogP contribution in [0.1, 0.15) is 50.0 Å². The first kappa shape index (κ1) is 17.9. The molecule has 1 fully saturated rings. The predicted molar refractivity (Wildman–Crippen MR) is 84.5 cm³/mol. The molecule has 0 radical (unpaired) electrons. The lowest BCUT2D eigenvalue weighted by Gasteiger charge is -2.34. The molecule has 2 heterocycles. The summed E-state index contributed by atoms with van der Waals surface area (Å²) in [6, 6.07) is 0.150. The largest absolute Gasteiger partial charge is 0.333 e. The fourth-order valence-corrected chi connectivity index (χ4v) is 2.56. The minimum atomic E-state index is -0.0315. The lowest BCUT2D eigenvalue weighted by molar-refractivity contribution is 0.0617. The van der Waals surface area contributed by atoms with Crippen molar-refractivity contribution >= 4 is 18.3 Å². The van der Waals surface area contributed by atoms with Crippen molar-refractivity contribution in [3.63, 3.8) is 0 Å². The standard InChI is InChI=1S/C14H25N5O.ClH/c1-11(2)6-8-18-10-13(16-17-18)14(20)19-7-4-3-5-12(19)9-15;/h10-12H,3-9,15H2,1-2H3;1H. The van der Waals surface area contributed by atoms with Crippen molar-refractivity contribution in [1.82, 2.24) is 19.9 Å². The van der Waals surface area contributed by atoms with E-state index in [2.05, 4.69) is 24.2 Å². The number of nitrogens with two attached hydrogens (primary N) is 1. The molecule has 120 valence electrons. The fraction of sp³-hybridized carbons (Fsp3) is 0.786. The van der Waals surface area contributed by atoms with Crippen molar-refractivity contribution in [2.45, 2.75) is 52.1 Å². The van der Waals surface area contributed by atoms with Gasteiger partial charge < -0.3 is 10.6 Å². The quantitative estimate of drug-likeness (QED) is 0.897. The van der Waals surface area contributed by atoms with Gasteiger partial charge in [-0.2, -0.15) is 0 Å². The summed E-state index contributed by atoms with van der Waals surface area (Å²) in [5.41, 5.74) is 6.20. The molecule has 2 rings (SSSR count). The molecule has 1 aromatic rings. The third-order valence-electron chi connectivity index (χ3n) is 3.85. The SMILES string of the molecule is CC(C)CCn1cc(C(=O)N2CCCCC2CN)nn1.Cl. The first-order valence-electron chi connectivity index (χ1n) is 7.53. The Bertz CT molecular complexity index is 448. The molecule has 7 heteroatoms. The maximum atomic E-state index is 12.5. The molecule has 2 N–H and O–H groups in total. The Morgan fingerprint density at radius 1 is 1.48 bits per heavy atom. The van der Waals surface area contributed by atoms with Gasteiger partial charge in [0.1, 0.15) is 0 Å². The molecule has 1 amide bonds. The lowest BCUT2D eigenvalue weighted by Crippen LogP contribution is -2.47. The first-order chi connectivity index (χ1) is 9.61. The molecule has 1 unspecified atom stereocenters. The molecule has 6 nitrogen and oxygen atoms in total. The van der Waals surface area contributed by atoms with E-state index < -0.39 is 0 Å². The van der Waals surface area contributed by atoms with Crippen LogP contribution < -0.4 is 5.73 Å². The minimum Gasteiger partial charge on any atom is -0.333 e. The van der Waals surface area contributed by atoms with E-state index in [0.29, 0.717) is 18.2 Å². The minimum absolute atomic E-state index is 0. The van der Waals surface area contributed by atoms with E-state index in [1.807, 2.05) is 4.90 Å². The molecular weight excluding hydrogens is 290 g/mol. The summed E-state index contributed by atoms with van der Waals surface area (Å²) in [5, 5.41) is 8.06. The van der Waals surface area contributed by atoms with Crippen molar-refractivity contribution in [3.8, 4) is 0 Å². The molecule has 1 atom stereocenters. The molecule has 1 aliphatic heterocycles. The van der Waals surface area contributed by atoms with Crippen LogP contribution in [0.4, 0.5) is 0 Å². The van der Waals surface area contributed by atoms with Crippen LogP contribution in [0.2, 0.25) is 0 Å². The van der Waals surface area contributed by atoms with E-state index in [9.17, 15) is 4.79 Å². The highest BCUT2D eigenvalue weighted by molar-refractivity contribution is 5.92. The fourth-order valence-electron chi connectivity index (χ4n) is 2.56. The first-order valence-corrected chi connectivity index (χ1v) is 7.53. The average molecular weight is 316 g/mol. The van der Waals surface area contributed by atoms with E-state index in [0.717, 1.165) is 38.8 Å². The highest BCUT2D eigenvalue weighted by Crippen LogP contribution is 2.18. The molecular formula is C14H26ClN5O. The third-order valence-corrected chi connectivity index (χ3v) is 3.85. The summed E-state index contributed by atoms with van der Waals surface area (Å²) >= 11 is 0. The summed E-state index contributed by atoms with van der Waals surface area (Å²) in [7, 11) is 0. The van der Waals surface area contributed by atoms with Crippen molar-refractivity contribution in [2.24, 2.45) is 11.7 Å². The van der Waals surface area contributed by atoms with Crippen molar-refractivity contribution < 1.29 is 4.79 Å². The van der Waals surface area contributed by atoms with Gasteiger partial charge in [0.25, 0.3) is 5.91 Å². The number of carbonyl (C=O) groups excluding carboxylic acids is 1. The van der Waals surface area contributed by atoms with Crippen molar-refractivity contribution in [3.05, 3.63) is 11.9 Å². The molecule has 0 bridgehead atoms. The Kier molecular flexibility index (Phi) is 7.11. The Balaban J connectivity index is 0.00000220. The van der Waals surface area contributed by atoms with E-state index in [1.165, 1.54) is 0 Å². The van der Waals surface area contributed by atoms with Gasteiger partial charge >= 0.3 is 0 Å². The van der Waals surface area contributed by atoms with Crippen LogP contribution >= 0.6 is 12.4 Å². The summed E-state index contributed by atoms with van der Waals surface area (Å²) in [6.07, 6.45) is 5.97. The van der Waals surface area contributed by atoms with Gasteiger partial charge in [-0.25, -0.2) is 0 Å². The molecule has 21 heavy (non-hydrogen) atoms. The number of hydrogen-bond acceptors (Lipinski definition) is 4. The van der Waals surface area contributed by atoms with Crippen LogP contribution in [0.25, 0.3) is 0 Å². The number of aryl methyl sites for hydroxylation is 1. The highest BCUT2D eigenvalue weighted by atomic mass is 35.5. The summed E-state index contributed by atoms with van der Waals surface area (Å²) in [4.78, 5) is 14.3. The maximum Gasteiger partial charge on any atom is 0.276 e. The van der Waals surface area contributed by atoms with Crippen molar-refractivity contribution in [2.75, 3.05) is 13.1 Å². The molecule has 0 spiro atoms. The number of aromatic nitrogens is 3. The van der Waals surface area contributed by atoms with E-state index in [-0.39, 0.29) is 24.4 Å². The van der Waals surface area contributed by atoms with Gasteiger partial charge in [0, 0.05) is 25.7 Å². The number of amides is 1. The molecule has 0 aliphatic carbocycles. The van der Waals surface area contributed by atoms with Gasteiger partial charge in [-0.1, -0.05) is 19.1 Å². The van der Waals surface area contributed by atoms with Crippen LogP contribution in [0, 0.1) is 5.92 Å². The molecule has 1 aliphatic rings.